The predicted molar refractivity (Wildman–Crippen MR) is 84.2 cm³/mol. The fourth-order valence-corrected chi connectivity index (χ4v) is 1.94. The molecule has 3 N–H and O–H groups in total. The predicted octanol–water partition coefficient (Wildman–Crippen LogP) is 1.74. The third kappa shape index (κ3) is 7.63. The molecule has 0 bridgehead atoms. The van der Waals surface area contributed by atoms with Crippen LogP contribution >= 0.6 is 0 Å². The lowest BCUT2D eigenvalue weighted by atomic mass is 9.93. The van der Waals surface area contributed by atoms with E-state index >= 15 is 0 Å². The Hall–Kier alpha value is -1.97. The van der Waals surface area contributed by atoms with Crippen LogP contribution in [0.5, 0.6) is 0 Å². The molecule has 0 saturated carbocycles. The van der Waals surface area contributed by atoms with E-state index in [1.54, 1.807) is 13.8 Å². The van der Waals surface area contributed by atoms with Crippen molar-refractivity contribution in [2.75, 3.05) is 13.1 Å². The molecule has 25 heavy (non-hydrogen) atoms. The van der Waals surface area contributed by atoms with E-state index in [9.17, 15) is 23.2 Å². The van der Waals surface area contributed by atoms with Gasteiger partial charge in [0.1, 0.15) is 0 Å². The highest BCUT2D eigenvalue weighted by atomic mass is 19.3. The molecule has 2 atom stereocenters. The molecule has 0 fully saturated rings. The summed E-state index contributed by atoms with van der Waals surface area (Å²) >= 11 is 0. The number of aliphatic carboxylic acids is 1. The third-order valence-corrected chi connectivity index (χ3v) is 3.29. The average molecular weight is 368 g/mol. The zero-order chi connectivity index (χ0) is 19.6. The highest BCUT2D eigenvalue weighted by Gasteiger charge is 2.46. The summed E-state index contributed by atoms with van der Waals surface area (Å²) in [5.41, 5.74) is -2.36. The molecule has 2 unspecified atom stereocenters. The molecule has 8 nitrogen and oxygen atoms in total. The van der Waals surface area contributed by atoms with Gasteiger partial charge in [0, 0.05) is 13.5 Å². The first-order chi connectivity index (χ1) is 11.6. The van der Waals surface area contributed by atoms with Gasteiger partial charge in [-0.2, -0.15) is 0 Å². The minimum Gasteiger partial charge on any atom is -0.480 e. The molecule has 0 aliphatic rings. The molecule has 1 amide bonds. The molecule has 0 aliphatic heterocycles. The Labute approximate surface area is 145 Å². The zero-order valence-corrected chi connectivity index (χ0v) is 14.8. The van der Waals surface area contributed by atoms with Crippen LogP contribution in [0.2, 0.25) is 0 Å². The van der Waals surface area contributed by atoms with Crippen molar-refractivity contribution in [2.24, 2.45) is 5.92 Å². The maximum absolute atomic E-state index is 13.1. The Bertz CT molecular complexity index is 461. The Balaban J connectivity index is 4.34. The Morgan fingerprint density at radius 1 is 1.16 bits per heavy atom. The van der Waals surface area contributed by atoms with Gasteiger partial charge in [0.05, 0.1) is 5.92 Å². The van der Waals surface area contributed by atoms with Crippen molar-refractivity contribution in [2.45, 2.75) is 58.8 Å². The van der Waals surface area contributed by atoms with E-state index in [1.807, 2.05) is 0 Å². The lowest BCUT2D eigenvalue weighted by Crippen LogP contribution is -2.57. The fourth-order valence-electron chi connectivity index (χ4n) is 1.94. The molecule has 10 heteroatoms. The number of carbonyl (C=O) groups is 3. The molecule has 0 heterocycles. The van der Waals surface area contributed by atoms with Crippen LogP contribution in [0.4, 0.5) is 13.6 Å². The van der Waals surface area contributed by atoms with Gasteiger partial charge in [-0.25, -0.2) is 18.4 Å². The number of carboxylic acids is 1. The SMILES string of the molecule is CCNC(CCCNC(=O)OC(C)OC(=O)C(C)C)(C(=O)O)C(F)F. The molecule has 0 aromatic carbocycles. The molecular formula is C15H26F2N2O6. The van der Waals surface area contributed by atoms with Crippen molar-refractivity contribution in [3.8, 4) is 0 Å². The summed E-state index contributed by atoms with van der Waals surface area (Å²) in [5.74, 6) is -2.56. The first kappa shape index (κ1) is 23.0. The number of hydrogen-bond donors (Lipinski definition) is 3. The standard InChI is InChI=1S/C15H26F2N2O6/c1-5-19-15(12(16)17,13(21)22)7-6-8-18-14(23)25-10(4)24-11(20)9(2)3/h9-10,12,19H,5-8H2,1-4H3,(H,18,23)(H,21,22). The summed E-state index contributed by atoms with van der Waals surface area (Å²) in [6.45, 7) is 6.11. The van der Waals surface area contributed by atoms with Gasteiger partial charge in [-0.15, -0.1) is 0 Å². The van der Waals surface area contributed by atoms with Gasteiger partial charge in [-0.05, 0) is 19.4 Å². The summed E-state index contributed by atoms with van der Waals surface area (Å²) in [4.78, 5) is 34.0. The van der Waals surface area contributed by atoms with Gasteiger partial charge in [0.15, 0.2) is 5.54 Å². The number of carboxylic acid groups (broad SMARTS) is 1. The molecule has 0 saturated heterocycles. The highest BCUT2D eigenvalue weighted by molar-refractivity contribution is 5.79. The number of rotatable bonds is 11. The summed E-state index contributed by atoms with van der Waals surface area (Å²) in [7, 11) is 0. The second kappa shape index (κ2) is 10.8. The van der Waals surface area contributed by atoms with E-state index in [-0.39, 0.29) is 31.8 Å². The quantitative estimate of drug-likeness (QED) is 0.289. The zero-order valence-electron chi connectivity index (χ0n) is 14.8. The number of likely N-dealkylation sites (N-methyl/N-ethyl adjacent to an activating group) is 1. The van der Waals surface area contributed by atoms with E-state index in [0.717, 1.165) is 0 Å². The van der Waals surface area contributed by atoms with Crippen LogP contribution in [0, 0.1) is 5.92 Å². The van der Waals surface area contributed by atoms with Gasteiger partial charge >= 0.3 is 18.0 Å². The van der Waals surface area contributed by atoms with Crippen molar-refractivity contribution in [3.05, 3.63) is 0 Å². The van der Waals surface area contributed by atoms with Gasteiger partial charge in [-0.3, -0.25) is 10.1 Å². The number of halogens is 2. The van der Waals surface area contributed by atoms with Crippen LogP contribution < -0.4 is 10.6 Å². The van der Waals surface area contributed by atoms with Crippen molar-refractivity contribution in [1.29, 1.82) is 0 Å². The molecule has 0 spiro atoms. The fraction of sp³-hybridized carbons (Fsp3) is 0.800. The van der Waals surface area contributed by atoms with Crippen LogP contribution in [0.3, 0.4) is 0 Å². The first-order valence-corrected chi connectivity index (χ1v) is 7.98. The molecule has 0 aromatic heterocycles. The van der Waals surface area contributed by atoms with Crippen LogP contribution in [0.15, 0.2) is 0 Å². The number of carbonyl (C=O) groups excluding carboxylic acids is 2. The van der Waals surface area contributed by atoms with E-state index in [1.165, 1.54) is 13.8 Å². The second-order valence-corrected chi connectivity index (χ2v) is 5.70. The van der Waals surface area contributed by atoms with Crippen LogP contribution in [-0.2, 0) is 19.1 Å². The second-order valence-electron chi connectivity index (χ2n) is 5.70. The number of amides is 1. The van der Waals surface area contributed by atoms with Crippen LogP contribution in [0.25, 0.3) is 0 Å². The highest BCUT2D eigenvalue weighted by Crippen LogP contribution is 2.22. The van der Waals surface area contributed by atoms with Crippen LogP contribution in [0.1, 0.15) is 40.5 Å². The number of esters is 1. The summed E-state index contributed by atoms with van der Waals surface area (Å²) in [5, 5.41) is 13.7. The minimum atomic E-state index is -3.10. The summed E-state index contributed by atoms with van der Waals surface area (Å²) in [6, 6.07) is 0. The number of alkyl halides is 2. The maximum Gasteiger partial charge on any atom is 0.410 e. The van der Waals surface area contributed by atoms with E-state index in [0.29, 0.717) is 0 Å². The number of alkyl carbamates (subject to hydrolysis) is 1. The largest absolute Gasteiger partial charge is 0.480 e. The lowest BCUT2D eigenvalue weighted by molar-refractivity contribution is -0.168. The monoisotopic (exact) mass is 368 g/mol. The van der Waals surface area contributed by atoms with Gasteiger partial charge in [-0.1, -0.05) is 20.8 Å². The summed E-state index contributed by atoms with van der Waals surface area (Å²) < 4.78 is 35.9. The summed E-state index contributed by atoms with van der Waals surface area (Å²) in [6.07, 6.45) is -5.50. The smallest absolute Gasteiger partial charge is 0.410 e. The van der Waals surface area contributed by atoms with Crippen molar-refractivity contribution in [3.63, 3.8) is 0 Å². The molecule has 0 aliphatic carbocycles. The van der Waals surface area contributed by atoms with Crippen molar-refractivity contribution >= 4 is 18.0 Å². The maximum atomic E-state index is 13.1. The van der Waals surface area contributed by atoms with Crippen molar-refractivity contribution < 1.29 is 37.7 Å². The topological polar surface area (TPSA) is 114 Å². The third-order valence-electron chi connectivity index (χ3n) is 3.29. The normalized spacial score (nSPS) is 14.7. The Kier molecular flexibility index (Phi) is 9.95. The number of nitrogens with one attached hydrogen (secondary N) is 2. The lowest BCUT2D eigenvalue weighted by Gasteiger charge is -2.29. The Morgan fingerprint density at radius 2 is 1.76 bits per heavy atom. The van der Waals surface area contributed by atoms with Crippen LogP contribution in [-0.4, -0.2) is 54.5 Å². The first-order valence-electron chi connectivity index (χ1n) is 7.98. The van der Waals surface area contributed by atoms with Gasteiger partial charge < -0.3 is 19.9 Å². The van der Waals surface area contributed by atoms with Crippen molar-refractivity contribution in [1.82, 2.24) is 10.6 Å². The molecular weight excluding hydrogens is 342 g/mol. The van der Waals surface area contributed by atoms with E-state index in [2.05, 4.69) is 10.6 Å². The van der Waals surface area contributed by atoms with E-state index in [4.69, 9.17) is 14.6 Å². The van der Waals surface area contributed by atoms with Gasteiger partial charge in [0.2, 0.25) is 6.29 Å². The van der Waals surface area contributed by atoms with E-state index < -0.39 is 36.3 Å². The minimum absolute atomic E-state index is 0.0150. The average Bonchev–Trinajstić information content (AvgIpc) is 2.49. The van der Waals surface area contributed by atoms with Gasteiger partial charge in [0.25, 0.3) is 6.43 Å². The number of hydrogen-bond acceptors (Lipinski definition) is 6. The molecule has 146 valence electrons. The molecule has 0 aromatic rings. The Morgan fingerprint density at radius 3 is 2.20 bits per heavy atom. The molecule has 0 rings (SSSR count). The molecule has 0 radical (unpaired) electrons. The number of ether oxygens (including phenoxy) is 2.